The van der Waals surface area contributed by atoms with E-state index in [9.17, 15) is 18.0 Å². The Bertz CT molecular complexity index is 960. The maximum atomic E-state index is 12.8. The molecule has 0 bridgehead atoms. The highest BCUT2D eigenvalue weighted by atomic mass is 19.4. The average Bonchev–Trinajstić information content (AvgIpc) is 3.23. The SMILES string of the molecule is COc1ccc(/C(=N/OC(=O)c2ccco2)c2ccc(C(F)(F)F)cc2)cc1. The molecule has 5 nitrogen and oxygen atoms in total. The van der Waals surface area contributed by atoms with Crippen molar-refractivity contribution in [1.29, 1.82) is 0 Å². The van der Waals surface area contributed by atoms with Gasteiger partial charge >= 0.3 is 12.1 Å². The molecule has 0 saturated heterocycles. The zero-order chi connectivity index (χ0) is 20.1. The Kier molecular flexibility index (Phi) is 5.49. The number of furan rings is 1. The van der Waals surface area contributed by atoms with Gasteiger partial charge in [0.05, 0.1) is 18.9 Å². The molecule has 0 fully saturated rings. The molecule has 3 aromatic rings. The van der Waals surface area contributed by atoms with E-state index in [1.165, 1.54) is 37.6 Å². The fraction of sp³-hybridized carbons (Fsp3) is 0.100. The highest BCUT2D eigenvalue weighted by Gasteiger charge is 2.30. The van der Waals surface area contributed by atoms with Crippen LogP contribution in [0.4, 0.5) is 13.2 Å². The quantitative estimate of drug-likeness (QED) is 0.353. The smallest absolute Gasteiger partial charge is 0.416 e. The summed E-state index contributed by atoms with van der Waals surface area (Å²) in [6, 6.07) is 13.9. The van der Waals surface area contributed by atoms with Crippen LogP contribution in [-0.4, -0.2) is 18.8 Å². The fourth-order valence-corrected chi connectivity index (χ4v) is 2.36. The molecule has 2 aromatic carbocycles. The molecule has 1 heterocycles. The van der Waals surface area contributed by atoms with Gasteiger partial charge in [0.15, 0.2) is 0 Å². The lowest BCUT2D eigenvalue weighted by atomic mass is 10.0. The van der Waals surface area contributed by atoms with Crippen molar-refractivity contribution in [3.63, 3.8) is 0 Å². The summed E-state index contributed by atoms with van der Waals surface area (Å²) in [4.78, 5) is 16.9. The Balaban J connectivity index is 1.95. The second-order valence-corrected chi connectivity index (χ2v) is 5.60. The summed E-state index contributed by atoms with van der Waals surface area (Å²) < 4.78 is 48.5. The predicted octanol–water partition coefficient (Wildman–Crippen LogP) is 4.92. The van der Waals surface area contributed by atoms with Crippen LogP contribution in [-0.2, 0) is 11.0 Å². The minimum Gasteiger partial charge on any atom is -0.497 e. The van der Waals surface area contributed by atoms with Crippen LogP contribution in [0.1, 0.15) is 27.2 Å². The molecular weight excluding hydrogens is 375 g/mol. The number of alkyl halides is 3. The van der Waals surface area contributed by atoms with Gasteiger partial charge in [0.2, 0.25) is 5.76 Å². The topological polar surface area (TPSA) is 61.0 Å². The van der Waals surface area contributed by atoms with E-state index in [1.54, 1.807) is 24.3 Å². The van der Waals surface area contributed by atoms with Crippen LogP contribution >= 0.6 is 0 Å². The summed E-state index contributed by atoms with van der Waals surface area (Å²) in [5, 5.41) is 3.85. The molecule has 8 heteroatoms. The van der Waals surface area contributed by atoms with Crippen molar-refractivity contribution in [3.05, 3.63) is 89.4 Å². The van der Waals surface area contributed by atoms with Crippen LogP contribution in [0.25, 0.3) is 0 Å². The molecule has 0 unspecified atom stereocenters. The van der Waals surface area contributed by atoms with Crippen LogP contribution in [0.5, 0.6) is 5.75 Å². The van der Waals surface area contributed by atoms with E-state index in [1.807, 2.05) is 0 Å². The molecule has 0 atom stereocenters. The lowest BCUT2D eigenvalue weighted by Crippen LogP contribution is -2.09. The third-order valence-electron chi connectivity index (χ3n) is 3.79. The van der Waals surface area contributed by atoms with Gasteiger partial charge < -0.3 is 14.0 Å². The van der Waals surface area contributed by atoms with Crippen LogP contribution in [0.3, 0.4) is 0 Å². The van der Waals surface area contributed by atoms with Crippen LogP contribution < -0.4 is 4.74 Å². The van der Waals surface area contributed by atoms with E-state index < -0.39 is 17.7 Å². The van der Waals surface area contributed by atoms with Gasteiger partial charge in [0.1, 0.15) is 11.5 Å². The minimum atomic E-state index is -4.46. The van der Waals surface area contributed by atoms with Gasteiger partial charge in [-0.3, -0.25) is 0 Å². The van der Waals surface area contributed by atoms with Crippen molar-refractivity contribution >= 4 is 11.7 Å². The molecule has 0 saturated carbocycles. The average molecular weight is 389 g/mol. The normalized spacial score (nSPS) is 11.9. The molecule has 0 amide bonds. The number of methoxy groups -OCH3 is 1. The van der Waals surface area contributed by atoms with Crippen molar-refractivity contribution in [2.45, 2.75) is 6.18 Å². The summed E-state index contributed by atoms with van der Waals surface area (Å²) in [5.41, 5.74) is 0.243. The van der Waals surface area contributed by atoms with E-state index in [-0.39, 0.29) is 11.5 Å². The number of carbonyl (C=O) groups excluding carboxylic acids is 1. The van der Waals surface area contributed by atoms with Gasteiger partial charge in [-0.05, 0) is 48.5 Å². The molecular formula is C20H14F3NO4. The Labute approximate surface area is 158 Å². The molecule has 0 aliphatic carbocycles. The van der Waals surface area contributed by atoms with Crippen LogP contribution in [0.15, 0.2) is 76.5 Å². The number of oxime groups is 1. The van der Waals surface area contributed by atoms with E-state index in [4.69, 9.17) is 14.0 Å². The zero-order valence-electron chi connectivity index (χ0n) is 14.6. The van der Waals surface area contributed by atoms with Crippen molar-refractivity contribution in [3.8, 4) is 5.75 Å². The Morgan fingerprint density at radius 1 is 0.964 bits per heavy atom. The van der Waals surface area contributed by atoms with Crippen molar-refractivity contribution in [2.75, 3.05) is 7.11 Å². The number of carbonyl (C=O) groups is 1. The number of rotatable bonds is 5. The van der Waals surface area contributed by atoms with Crippen LogP contribution in [0, 0.1) is 0 Å². The predicted molar refractivity (Wildman–Crippen MR) is 94.2 cm³/mol. The number of ether oxygens (including phenoxy) is 1. The molecule has 28 heavy (non-hydrogen) atoms. The van der Waals surface area contributed by atoms with E-state index >= 15 is 0 Å². The van der Waals surface area contributed by atoms with Crippen molar-refractivity contribution in [2.24, 2.45) is 5.16 Å². The Morgan fingerprint density at radius 3 is 2.07 bits per heavy atom. The summed E-state index contributed by atoms with van der Waals surface area (Å²) in [5.74, 6) is -0.295. The second-order valence-electron chi connectivity index (χ2n) is 5.60. The number of hydrogen-bond donors (Lipinski definition) is 0. The first-order valence-corrected chi connectivity index (χ1v) is 8.03. The molecule has 0 aliphatic rings. The molecule has 1 aromatic heterocycles. The lowest BCUT2D eigenvalue weighted by molar-refractivity contribution is -0.137. The summed E-state index contributed by atoms with van der Waals surface area (Å²) in [6.07, 6.45) is -3.15. The highest BCUT2D eigenvalue weighted by Crippen LogP contribution is 2.29. The van der Waals surface area contributed by atoms with E-state index in [0.29, 0.717) is 16.9 Å². The van der Waals surface area contributed by atoms with Gasteiger partial charge in [-0.15, -0.1) is 0 Å². The monoisotopic (exact) mass is 389 g/mol. The highest BCUT2D eigenvalue weighted by molar-refractivity contribution is 6.13. The van der Waals surface area contributed by atoms with Crippen molar-refractivity contribution in [1.82, 2.24) is 0 Å². The maximum Gasteiger partial charge on any atom is 0.416 e. The molecule has 0 N–H and O–H groups in total. The maximum absolute atomic E-state index is 12.8. The Hall–Kier alpha value is -3.55. The molecule has 144 valence electrons. The van der Waals surface area contributed by atoms with E-state index in [0.717, 1.165) is 12.1 Å². The lowest BCUT2D eigenvalue weighted by Gasteiger charge is -2.10. The largest absolute Gasteiger partial charge is 0.497 e. The number of hydrogen-bond acceptors (Lipinski definition) is 5. The summed E-state index contributed by atoms with van der Waals surface area (Å²) in [7, 11) is 1.50. The summed E-state index contributed by atoms with van der Waals surface area (Å²) >= 11 is 0. The molecule has 0 radical (unpaired) electrons. The number of halogens is 3. The standard InChI is InChI=1S/C20H14F3NO4/c1-26-16-10-6-14(7-11-16)18(24-28-19(25)17-3-2-12-27-17)13-4-8-15(9-5-13)20(21,22)23/h2-12H,1H3/b24-18+. The number of nitrogens with zero attached hydrogens (tertiary/aromatic N) is 1. The molecule has 0 aliphatic heterocycles. The van der Waals surface area contributed by atoms with Gasteiger partial charge in [-0.1, -0.05) is 17.3 Å². The minimum absolute atomic E-state index is 0.0507. The number of benzene rings is 2. The second kappa shape index (κ2) is 7.99. The first-order valence-electron chi connectivity index (χ1n) is 8.03. The summed E-state index contributed by atoms with van der Waals surface area (Å²) in [6.45, 7) is 0. The van der Waals surface area contributed by atoms with Gasteiger partial charge in [0.25, 0.3) is 0 Å². The third kappa shape index (κ3) is 4.40. The van der Waals surface area contributed by atoms with Gasteiger partial charge in [-0.25, -0.2) is 4.79 Å². The molecule has 3 rings (SSSR count). The van der Waals surface area contributed by atoms with Gasteiger partial charge in [-0.2, -0.15) is 13.2 Å². The zero-order valence-corrected chi connectivity index (χ0v) is 14.6. The van der Waals surface area contributed by atoms with E-state index in [2.05, 4.69) is 5.16 Å². The van der Waals surface area contributed by atoms with Crippen LogP contribution in [0.2, 0.25) is 0 Å². The fourth-order valence-electron chi connectivity index (χ4n) is 2.36. The van der Waals surface area contributed by atoms with Crippen molar-refractivity contribution < 1.29 is 32.0 Å². The molecule has 0 spiro atoms. The first-order chi connectivity index (χ1) is 13.4. The Morgan fingerprint density at radius 2 is 1.57 bits per heavy atom. The van der Waals surface area contributed by atoms with Gasteiger partial charge in [0, 0.05) is 11.1 Å². The first kappa shape index (κ1) is 19.2. The third-order valence-corrected chi connectivity index (χ3v) is 3.79.